The van der Waals surface area contributed by atoms with Crippen molar-refractivity contribution in [2.24, 2.45) is 0 Å². The molecule has 2 rings (SSSR count). The zero-order valence-corrected chi connectivity index (χ0v) is 12.7. The van der Waals surface area contributed by atoms with Crippen molar-refractivity contribution in [1.82, 2.24) is 0 Å². The molecule has 0 fully saturated rings. The van der Waals surface area contributed by atoms with Gasteiger partial charge in [-0.3, -0.25) is 0 Å². The smallest absolute Gasteiger partial charge is 0.387 e. The molecule has 0 aromatic heterocycles. The van der Waals surface area contributed by atoms with Gasteiger partial charge >= 0.3 is 6.61 Å². The summed E-state index contributed by atoms with van der Waals surface area (Å²) in [6, 6.07) is 7.30. The van der Waals surface area contributed by atoms with E-state index in [1.165, 1.54) is 24.3 Å². The predicted octanol–water partition coefficient (Wildman–Crippen LogP) is 4.68. The number of aryl methyl sites for hydroxylation is 1. The van der Waals surface area contributed by atoms with Crippen molar-refractivity contribution in [3.05, 3.63) is 53.6 Å². The molecule has 0 aliphatic heterocycles. The molecule has 0 aliphatic rings. The average molecular weight is 344 g/mol. The lowest BCUT2D eigenvalue weighted by Crippen LogP contribution is -2.20. The lowest BCUT2D eigenvalue weighted by molar-refractivity contribution is -0.0498. The van der Waals surface area contributed by atoms with Gasteiger partial charge in [0.05, 0.1) is 5.69 Å². The Morgan fingerprint density at radius 1 is 1.04 bits per heavy atom. The Balaban J connectivity index is 2.05. The van der Waals surface area contributed by atoms with Gasteiger partial charge in [0.25, 0.3) is 0 Å². The van der Waals surface area contributed by atoms with Gasteiger partial charge in [0, 0.05) is 11.8 Å². The van der Waals surface area contributed by atoms with Gasteiger partial charge in [-0.05, 0) is 55.0 Å². The van der Waals surface area contributed by atoms with E-state index in [2.05, 4.69) is 15.4 Å². The second-order valence-corrected chi connectivity index (χ2v) is 4.97. The fourth-order valence-corrected chi connectivity index (χ4v) is 2.04. The van der Waals surface area contributed by atoms with Crippen LogP contribution in [0.2, 0.25) is 0 Å². The van der Waals surface area contributed by atoms with Crippen molar-refractivity contribution >= 4 is 28.7 Å². The van der Waals surface area contributed by atoms with Crippen LogP contribution in [0.25, 0.3) is 0 Å². The summed E-state index contributed by atoms with van der Waals surface area (Å²) in [4.78, 5) is 0. The van der Waals surface area contributed by atoms with E-state index < -0.39 is 18.2 Å². The third-order valence-corrected chi connectivity index (χ3v) is 3.05. The zero-order chi connectivity index (χ0) is 17.0. The first-order valence-corrected chi connectivity index (χ1v) is 6.84. The molecule has 122 valence electrons. The van der Waals surface area contributed by atoms with Crippen LogP contribution in [0.5, 0.6) is 5.75 Å². The van der Waals surface area contributed by atoms with Gasteiger partial charge in [0.1, 0.15) is 17.4 Å². The van der Waals surface area contributed by atoms with Gasteiger partial charge in [0.15, 0.2) is 5.11 Å². The van der Waals surface area contributed by atoms with Crippen LogP contribution >= 0.6 is 12.2 Å². The van der Waals surface area contributed by atoms with Crippen LogP contribution in [0.1, 0.15) is 5.56 Å². The lowest BCUT2D eigenvalue weighted by Gasteiger charge is -2.14. The minimum absolute atomic E-state index is 0.0132. The number of halogens is 4. The first-order chi connectivity index (χ1) is 10.8. The lowest BCUT2D eigenvalue weighted by atomic mass is 10.2. The zero-order valence-electron chi connectivity index (χ0n) is 11.9. The number of nitrogens with one attached hydrogen (secondary N) is 2. The van der Waals surface area contributed by atoms with Gasteiger partial charge in [0.2, 0.25) is 0 Å². The van der Waals surface area contributed by atoms with Crippen LogP contribution < -0.4 is 15.4 Å². The molecule has 0 atom stereocenters. The van der Waals surface area contributed by atoms with Gasteiger partial charge in [-0.15, -0.1) is 0 Å². The van der Waals surface area contributed by atoms with Crippen LogP contribution in [0.15, 0.2) is 36.4 Å². The van der Waals surface area contributed by atoms with E-state index >= 15 is 0 Å². The highest BCUT2D eigenvalue weighted by Gasteiger charge is 2.09. The summed E-state index contributed by atoms with van der Waals surface area (Å²) in [5, 5.41) is 5.46. The van der Waals surface area contributed by atoms with Crippen LogP contribution in [-0.2, 0) is 0 Å². The van der Waals surface area contributed by atoms with Gasteiger partial charge in [-0.2, -0.15) is 8.78 Å². The molecule has 23 heavy (non-hydrogen) atoms. The summed E-state index contributed by atoms with van der Waals surface area (Å²) in [7, 11) is 0. The molecule has 0 saturated carbocycles. The Kier molecular flexibility index (Phi) is 5.38. The standard InChI is InChI=1S/C15H12F4N2OS/c1-8-6-10(22-14(18)19)3-5-12(8)20-15(23)21-13-4-2-9(16)7-11(13)17/h2-7,14H,1H3,(H2,20,21,23). The summed E-state index contributed by atoms with van der Waals surface area (Å²) in [6.07, 6.45) is 0. The summed E-state index contributed by atoms with van der Waals surface area (Å²) >= 11 is 5.04. The first-order valence-electron chi connectivity index (χ1n) is 6.43. The molecular weight excluding hydrogens is 332 g/mol. The van der Waals surface area contributed by atoms with Gasteiger partial charge in [-0.25, -0.2) is 8.78 Å². The number of hydrogen-bond donors (Lipinski definition) is 2. The van der Waals surface area contributed by atoms with Crippen LogP contribution in [0.3, 0.4) is 0 Å². The summed E-state index contributed by atoms with van der Waals surface area (Å²) < 4.78 is 54.9. The highest BCUT2D eigenvalue weighted by atomic mass is 32.1. The Bertz CT molecular complexity index is 725. The molecule has 0 amide bonds. The van der Waals surface area contributed by atoms with Crippen molar-refractivity contribution in [1.29, 1.82) is 0 Å². The number of alkyl halides is 2. The van der Waals surface area contributed by atoms with E-state index in [1.54, 1.807) is 6.92 Å². The molecule has 0 heterocycles. The molecule has 2 aromatic carbocycles. The number of hydrogen-bond acceptors (Lipinski definition) is 2. The molecule has 2 aromatic rings. The molecule has 2 N–H and O–H groups in total. The van der Waals surface area contributed by atoms with Gasteiger partial charge < -0.3 is 15.4 Å². The maximum atomic E-state index is 13.5. The van der Waals surface area contributed by atoms with Crippen molar-refractivity contribution < 1.29 is 22.3 Å². The molecule has 0 saturated heterocycles. The maximum absolute atomic E-state index is 13.5. The fourth-order valence-electron chi connectivity index (χ4n) is 1.82. The molecule has 8 heteroatoms. The SMILES string of the molecule is Cc1cc(OC(F)F)ccc1NC(=S)Nc1ccc(F)cc1F. The monoisotopic (exact) mass is 344 g/mol. The predicted molar refractivity (Wildman–Crippen MR) is 84.0 cm³/mol. The van der Waals surface area contributed by atoms with Crippen LogP contribution in [0.4, 0.5) is 28.9 Å². The summed E-state index contributed by atoms with van der Waals surface area (Å²) in [5.41, 5.74) is 1.15. The van der Waals surface area contributed by atoms with E-state index in [4.69, 9.17) is 12.2 Å². The number of ether oxygens (including phenoxy) is 1. The Morgan fingerprint density at radius 2 is 1.70 bits per heavy atom. The minimum atomic E-state index is -2.91. The molecule has 0 unspecified atom stereocenters. The number of benzene rings is 2. The highest BCUT2D eigenvalue weighted by molar-refractivity contribution is 7.80. The van der Waals surface area contributed by atoms with E-state index in [-0.39, 0.29) is 16.5 Å². The topological polar surface area (TPSA) is 33.3 Å². The van der Waals surface area contributed by atoms with Crippen molar-refractivity contribution in [3.8, 4) is 5.75 Å². The molecular formula is C15H12F4N2OS. The van der Waals surface area contributed by atoms with Crippen molar-refractivity contribution in [2.75, 3.05) is 10.6 Å². The van der Waals surface area contributed by atoms with Crippen molar-refractivity contribution in [3.63, 3.8) is 0 Å². The van der Waals surface area contributed by atoms with E-state index in [1.807, 2.05) is 0 Å². The quantitative estimate of drug-likeness (QED) is 0.623. The van der Waals surface area contributed by atoms with E-state index in [0.29, 0.717) is 11.3 Å². The third kappa shape index (κ3) is 4.82. The number of anilines is 2. The fraction of sp³-hybridized carbons (Fsp3) is 0.133. The Morgan fingerprint density at radius 3 is 2.30 bits per heavy atom. The molecule has 0 radical (unpaired) electrons. The third-order valence-electron chi connectivity index (χ3n) is 2.85. The van der Waals surface area contributed by atoms with Gasteiger partial charge in [-0.1, -0.05) is 0 Å². The normalized spacial score (nSPS) is 10.5. The number of rotatable bonds is 4. The molecule has 0 aliphatic carbocycles. The molecule has 3 nitrogen and oxygen atoms in total. The molecule has 0 bridgehead atoms. The first kappa shape index (κ1) is 17.0. The van der Waals surface area contributed by atoms with E-state index in [0.717, 1.165) is 12.1 Å². The summed E-state index contributed by atoms with van der Waals surface area (Å²) in [6.45, 7) is -1.24. The highest BCUT2D eigenvalue weighted by Crippen LogP contribution is 2.23. The Labute approximate surface area is 135 Å². The summed E-state index contributed by atoms with van der Waals surface area (Å²) in [5.74, 6) is -1.46. The maximum Gasteiger partial charge on any atom is 0.387 e. The Hall–Kier alpha value is -2.35. The van der Waals surface area contributed by atoms with Crippen LogP contribution in [-0.4, -0.2) is 11.7 Å². The largest absolute Gasteiger partial charge is 0.435 e. The second kappa shape index (κ2) is 7.28. The van der Waals surface area contributed by atoms with Crippen molar-refractivity contribution in [2.45, 2.75) is 13.5 Å². The molecule has 0 spiro atoms. The minimum Gasteiger partial charge on any atom is -0.435 e. The van der Waals surface area contributed by atoms with Crippen LogP contribution in [0, 0.1) is 18.6 Å². The second-order valence-electron chi connectivity index (χ2n) is 4.56. The number of thiocarbonyl (C=S) groups is 1. The van der Waals surface area contributed by atoms with E-state index in [9.17, 15) is 17.6 Å². The average Bonchev–Trinajstić information content (AvgIpc) is 2.44.